The summed E-state index contributed by atoms with van der Waals surface area (Å²) in [5, 5.41) is 14.8. The number of β-amino-alcohol motifs (C(OH)–C–C–N with tert-alkyl or cyclic N) is 1. The molecule has 24 heavy (non-hydrogen) atoms. The molecule has 2 aliphatic rings. The van der Waals surface area contributed by atoms with Gasteiger partial charge in [0.1, 0.15) is 5.82 Å². The maximum absolute atomic E-state index is 10.5. The predicted octanol–water partition coefficient (Wildman–Crippen LogP) is 0.905. The highest BCUT2D eigenvalue weighted by Gasteiger charge is 2.36. The van der Waals surface area contributed by atoms with Gasteiger partial charge in [0.15, 0.2) is 0 Å². The van der Waals surface area contributed by atoms with Crippen molar-refractivity contribution in [2.45, 2.75) is 18.7 Å². The van der Waals surface area contributed by atoms with Gasteiger partial charge in [-0.25, -0.2) is 4.98 Å². The number of hydrogen-bond acceptors (Lipinski definition) is 7. The van der Waals surface area contributed by atoms with Crippen molar-refractivity contribution in [3.63, 3.8) is 0 Å². The molecule has 2 aromatic rings. The van der Waals surface area contributed by atoms with E-state index in [1.165, 1.54) is 5.56 Å². The fraction of sp³-hybridized carbons (Fsp3) is 0.529. The lowest BCUT2D eigenvalue weighted by atomic mass is 10.1. The zero-order chi connectivity index (χ0) is 16.4. The molecule has 128 valence electrons. The minimum absolute atomic E-state index is 0.243. The Hall–Kier alpha value is -1.54. The van der Waals surface area contributed by atoms with Crippen LogP contribution in [0.5, 0.6) is 0 Å². The molecule has 7 heteroatoms. The van der Waals surface area contributed by atoms with Crippen molar-refractivity contribution in [3.8, 4) is 0 Å². The molecule has 4 rings (SSSR count). The molecule has 2 saturated heterocycles. The minimum atomic E-state index is -0.258. The highest BCUT2D eigenvalue weighted by Crippen LogP contribution is 2.22. The van der Waals surface area contributed by atoms with Crippen LogP contribution in [0.15, 0.2) is 35.4 Å². The van der Waals surface area contributed by atoms with Crippen molar-refractivity contribution in [2.75, 3.05) is 44.2 Å². The SMILES string of the molecule is O[C@H]1CN(Cc2ccsc2)C[C@@H]1N1CCN(c2cnccn2)CC1. The number of aliphatic hydroxyl groups is 1. The first-order valence-corrected chi connectivity index (χ1v) is 9.40. The van der Waals surface area contributed by atoms with E-state index in [0.29, 0.717) is 0 Å². The van der Waals surface area contributed by atoms with E-state index in [1.54, 1.807) is 23.7 Å². The molecular weight excluding hydrogens is 322 g/mol. The van der Waals surface area contributed by atoms with Crippen molar-refractivity contribution in [1.29, 1.82) is 0 Å². The van der Waals surface area contributed by atoms with Gasteiger partial charge in [0, 0.05) is 64.2 Å². The van der Waals surface area contributed by atoms with Crippen LogP contribution >= 0.6 is 11.3 Å². The van der Waals surface area contributed by atoms with Crippen molar-refractivity contribution in [2.24, 2.45) is 0 Å². The second-order valence-corrected chi connectivity index (χ2v) is 7.33. The molecular formula is C17H23N5OS. The summed E-state index contributed by atoms with van der Waals surface area (Å²) in [6, 6.07) is 2.41. The zero-order valence-electron chi connectivity index (χ0n) is 13.7. The second kappa shape index (κ2) is 7.14. The number of nitrogens with zero attached hydrogens (tertiary/aromatic N) is 5. The van der Waals surface area contributed by atoms with Gasteiger partial charge in [-0.05, 0) is 22.4 Å². The van der Waals surface area contributed by atoms with E-state index in [9.17, 15) is 5.11 Å². The first kappa shape index (κ1) is 16.0. The zero-order valence-corrected chi connectivity index (χ0v) is 14.5. The number of thiophene rings is 1. The van der Waals surface area contributed by atoms with Gasteiger partial charge in [-0.3, -0.25) is 14.8 Å². The highest BCUT2D eigenvalue weighted by molar-refractivity contribution is 7.07. The molecule has 2 aliphatic heterocycles. The van der Waals surface area contributed by atoms with E-state index in [-0.39, 0.29) is 12.1 Å². The third-order valence-electron chi connectivity index (χ3n) is 4.98. The summed E-state index contributed by atoms with van der Waals surface area (Å²) in [6.45, 7) is 6.46. The Labute approximate surface area is 146 Å². The van der Waals surface area contributed by atoms with Crippen LogP contribution in [-0.2, 0) is 6.54 Å². The molecule has 6 nitrogen and oxygen atoms in total. The van der Waals surface area contributed by atoms with E-state index in [4.69, 9.17) is 0 Å². The Morgan fingerprint density at radius 1 is 1.17 bits per heavy atom. The third kappa shape index (κ3) is 3.44. The number of rotatable bonds is 4. The summed E-state index contributed by atoms with van der Waals surface area (Å²) in [7, 11) is 0. The number of aromatic nitrogens is 2. The quantitative estimate of drug-likeness (QED) is 0.889. The van der Waals surface area contributed by atoms with Crippen LogP contribution in [0.3, 0.4) is 0 Å². The molecule has 4 heterocycles. The van der Waals surface area contributed by atoms with Crippen molar-refractivity contribution < 1.29 is 5.11 Å². The van der Waals surface area contributed by atoms with Gasteiger partial charge >= 0.3 is 0 Å². The molecule has 0 saturated carbocycles. The van der Waals surface area contributed by atoms with E-state index in [2.05, 4.69) is 41.5 Å². The lowest BCUT2D eigenvalue weighted by Crippen LogP contribution is -2.54. The molecule has 0 spiro atoms. The smallest absolute Gasteiger partial charge is 0.147 e. The van der Waals surface area contributed by atoms with Crippen LogP contribution in [-0.4, -0.2) is 76.3 Å². The molecule has 0 aliphatic carbocycles. The molecule has 2 aromatic heterocycles. The highest BCUT2D eigenvalue weighted by atomic mass is 32.1. The Morgan fingerprint density at radius 2 is 2.04 bits per heavy atom. The molecule has 1 N–H and O–H groups in total. The fourth-order valence-corrected chi connectivity index (χ4v) is 4.37. The Balaban J connectivity index is 1.32. The normalized spacial score (nSPS) is 26.1. The number of likely N-dealkylation sites (tertiary alicyclic amines) is 1. The molecule has 2 atom stereocenters. The minimum Gasteiger partial charge on any atom is -0.390 e. The number of piperazine rings is 1. The van der Waals surface area contributed by atoms with Gasteiger partial charge in [-0.2, -0.15) is 11.3 Å². The summed E-state index contributed by atoms with van der Waals surface area (Å²) < 4.78 is 0. The Kier molecular flexibility index (Phi) is 4.75. The number of aliphatic hydroxyl groups excluding tert-OH is 1. The van der Waals surface area contributed by atoms with Crippen molar-refractivity contribution >= 4 is 17.2 Å². The summed E-state index contributed by atoms with van der Waals surface area (Å²) in [5.41, 5.74) is 1.35. The average Bonchev–Trinajstić information content (AvgIpc) is 3.26. The van der Waals surface area contributed by atoms with Gasteiger partial charge in [0.05, 0.1) is 12.3 Å². The Bertz CT molecular complexity index is 630. The van der Waals surface area contributed by atoms with Crippen LogP contribution in [0, 0.1) is 0 Å². The van der Waals surface area contributed by atoms with E-state index >= 15 is 0 Å². The summed E-state index contributed by atoms with van der Waals surface area (Å²) in [6.07, 6.45) is 5.01. The molecule has 2 fully saturated rings. The van der Waals surface area contributed by atoms with Gasteiger partial charge in [-0.1, -0.05) is 0 Å². The van der Waals surface area contributed by atoms with Gasteiger partial charge < -0.3 is 10.0 Å². The fourth-order valence-electron chi connectivity index (χ4n) is 3.71. The van der Waals surface area contributed by atoms with Gasteiger partial charge in [-0.15, -0.1) is 0 Å². The molecule has 0 unspecified atom stereocenters. The van der Waals surface area contributed by atoms with Gasteiger partial charge in [0.25, 0.3) is 0 Å². The van der Waals surface area contributed by atoms with Crippen molar-refractivity contribution in [3.05, 3.63) is 41.0 Å². The molecule has 0 radical (unpaired) electrons. The lowest BCUT2D eigenvalue weighted by molar-refractivity contribution is 0.0790. The number of anilines is 1. The monoisotopic (exact) mass is 345 g/mol. The van der Waals surface area contributed by atoms with Crippen molar-refractivity contribution in [1.82, 2.24) is 19.8 Å². The lowest BCUT2D eigenvalue weighted by Gasteiger charge is -2.39. The Morgan fingerprint density at radius 3 is 2.75 bits per heavy atom. The molecule has 0 aromatic carbocycles. The maximum Gasteiger partial charge on any atom is 0.147 e. The number of hydrogen-bond donors (Lipinski definition) is 1. The van der Waals surface area contributed by atoms with Crippen LogP contribution in [0.2, 0.25) is 0 Å². The first-order chi connectivity index (χ1) is 11.8. The largest absolute Gasteiger partial charge is 0.390 e. The standard InChI is InChI=1S/C17H23N5OS/c23-16-12-20(10-14-1-8-24-13-14)11-15(16)21-4-6-22(7-5-21)17-9-18-2-3-19-17/h1-3,8-9,13,15-16,23H,4-7,10-12H2/t15-,16-/m0/s1. The van der Waals surface area contributed by atoms with Gasteiger partial charge in [0.2, 0.25) is 0 Å². The van der Waals surface area contributed by atoms with Crippen LogP contribution < -0.4 is 4.90 Å². The summed E-state index contributed by atoms with van der Waals surface area (Å²) >= 11 is 1.73. The van der Waals surface area contributed by atoms with E-state index < -0.39 is 0 Å². The average molecular weight is 345 g/mol. The first-order valence-electron chi connectivity index (χ1n) is 8.46. The van der Waals surface area contributed by atoms with Crippen LogP contribution in [0.1, 0.15) is 5.56 Å². The maximum atomic E-state index is 10.5. The molecule has 0 amide bonds. The predicted molar refractivity (Wildman–Crippen MR) is 95.2 cm³/mol. The summed E-state index contributed by atoms with van der Waals surface area (Å²) in [4.78, 5) is 15.6. The topological polar surface area (TPSA) is 55.7 Å². The van der Waals surface area contributed by atoms with E-state index in [0.717, 1.165) is 51.6 Å². The summed E-state index contributed by atoms with van der Waals surface area (Å²) in [5.74, 6) is 0.947. The second-order valence-electron chi connectivity index (χ2n) is 6.55. The molecule has 0 bridgehead atoms. The van der Waals surface area contributed by atoms with Crippen LogP contribution in [0.25, 0.3) is 0 Å². The van der Waals surface area contributed by atoms with Crippen LogP contribution in [0.4, 0.5) is 5.82 Å². The van der Waals surface area contributed by atoms with E-state index in [1.807, 2.05) is 6.20 Å². The third-order valence-corrected chi connectivity index (χ3v) is 5.71.